The van der Waals surface area contributed by atoms with Crippen molar-refractivity contribution in [3.8, 4) is 0 Å². The van der Waals surface area contributed by atoms with Gasteiger partial charge in [0.2, 0.25) is 0 Å². The van der Waals surface area contributed by atoms with Gasteiger partial charge in [-0.15, -0.1) is 0 Å². The lowest BCUT2D eigenvalue weighted by molar-refractivity contribution is 0.154. The molecule has 0 unspecified atom stereocenters. The minimum Gasteiger partial charge on any atom is -0.391 e. The van der Waals surface area contributed by atoms with Gasteiger partial charge in [-0.3, -0.25) is 0 Å². The fourth-order valence-corrected chi connectivity index (χ4v) is 2.61. The molecule has 1 N–H and O–H groups in total. The average molecular weight is 275 g/mol. The van der Waals surface area contributed by atoms with E-state index in [4.69, 9.17) is 4.98 Å². The van der Waals surface area contributed by atoms with Crippen LogP contribution in [0.3, 0.4) is 0 Å². The van der Waals surface area contributed by atoms with Crippen molar-refractivity contribution < 1.29 is 5.11 Å². The molecule has 1 aliphatic rings. The van der Waals surface area contributed by atoms with Gasteiger partial charge in [0.25, 0.3) is 0 Å². The first kappa shape index (κ1) is 15.0. The van der Waals surface area contributed by atoms with E-state index in [-0.39, 0.29) is 6.10 Å². The van der Waals surface area contributed by atoms with Crippen LogP contribution >= 0.6 is 0 Å². The zero-order valence-corrected chi connectivity index (χ0v) is 12.8. The molecular formula is C16H25N3O. The van der Waals surface area contributed by atoms with Crippen LogP contribution in [0.5, 0.6) is 0 Å². The highest BCUT2D eigenvalue weighted by molar-refractivity contribution is 5.62. The van der Waals surface area contributed by atoms with E-state index >= 15 is 0 Å². The van der Waals surface area contributed by atoms with Crippen LogP contribution in [0.1, 0.15) is 31.2 Å². The minimum absolute atomic E-state index is 0.225. The molecule has 0 spiro atoms. The molecule has 2 heterocycles. The molecule has 0 aromatic carbocycles. The number of hydrogen-bond donors (Lipinski definition) is 1. The average Bonchev–Trinajstić information content (AvgIpc) is 2.37. The van der Waals surface area contributed by atoms with Crippen molar-refractivity contribution in [3.05, 3.63) is 30.1 Å². The summed E-state index contributed by atoms with van der Waals surface area (Å²) in [5.74, 6) is 0. The Bertz CT molecular complexity index is 485. The van der Waals surface area contributed by atoms with Crippen molar-refractivity contribution in [2.45, 2.75) is 32.4 Å². The summed E-state index contributed by atoms with van der Waals surface area (Å²) in [5.41, 5.74) is 4.13. The lowest BCUT2D eigenvalue weighted by Crippen LogP contribution is -2.39. The Morgan fingerprint density at radius 1 is 1.50 bits per heavy atom. The van der Waals surface area contributed by atoms with E-state index in [1.165, 1.54) is 0 Å². The van der Waals surface area contributed by atoms with Crippen LogP contribution in [0.15, 0.2) is 18.7 Å². The fraction of sp³-hybridized carbons (Fsp3) is 0.562. The fourth-order valence-electron chi connectivity index (χ4n) is 2.61. The smallest absolute Gasteiger partial charge is 0.0783 e. The molecule has 1 saturated heterocycles. The molecule has 0 saturated carbocycles. The highest BCUT2D eigenvalue weighted by Gasteiger charge is 2.21. The third-order valence-electron chi connectivity index (χ3n) is 3.59. The van der Waals surface area contributed by atoms with Gasteiger partial charge < -0.3 is 14.9 Å². The number of rotatable bonds is 4. The summed E-state index contributed by atoms with van der Waals surface area (Å²) in [4.78, 5) is 9.12. The largest absolute Gasteiger partial charge is 0.391 e. The van der Waals surface area contributed by atoms with Gasteiger partial charge in [-0.2, -0.15) is 0 Å². The van der Waals surface area contributed by atoms with Crippen LogP contribution in [-0.2, 0) is 6.54 Å². The molecule has 20 heavy (non-hydrogen) atoms. The molecule has 1 atom stereocenters. The molecule has 4 nitrogen and oxygen atoms in total. The highest BCUT2D eigenvalue weighted by Crippen LogP contribution is 2.25. The molecule has 1 aromatic heterocycles. The summed E-state index contributed by atoms with van der Waals surface area (Å²) in [6, 6.07) is 4.14. The number of aromatic nitrogens is 1. The summed E-state index contributed by atoms with van der Waals surface area (Å²) in [5, 5.41) is 9.87. The number of aliphatic hydroxyl groups excluding tert-OH is 1. The van der Waals surface area contributed by atoms with Gasteiger partial charge in [0, 0.05) is 19.6 Å². The van der Waals surface area contributed by atoms with Crippen LogP contribution in [0.25, 0.3) is 5.57 Å². The SMILES string of the molecule is C=C(C)c1ccc(N2CCC[C@H](O)C2)c(CN(C)C)n1. The summed E-state index contributed by atoms with van der Waals surface area (Å²) in [6.45, 7) is 8.44. The van der Waals surface area contributed by atoms with Crippen molar-refractivity contribution in [3.63, 3.8) is 0 Å². The number of pyridine rings is 1. The third kappa shape index (κ3) is 3.58. The first-order valence-corrected chi connectivity index (χ1v) is 7.21. The second kappa shape index (κ2) is 6.37. The van der Waals surface area contributed by atoms with Crippen molar-refractivity contribution in [1.82, 2.24) is 9.88 Å². The van der Waals surface area contributed by atoms with E-state index < -0.39 is 0 Å². The van der Waals surface area contributed by atoms with Crippen LogP contribution in [0.4, 0.5) is 5.69 Å². The van der Waals surface area contributed by atoms with E-state index in [2.05, 4.69) is 22.4 Å². The van der Waals surface area contributed by atoms with E-state index in [1.54, 1.807) is 0 Å². The van der Waals surface area contributed by atoms with Crippen LogP contribution in [-0.4, -0.2) is 48.3 Å². The molecule has 110 valence electrons. The molecule has 0 radical (unpaired) electrons. The van der Waals surface area contributed by atoms with Gasteiger partial charge in [0.1, 0.15) is 0 Å². The first-order chi connectivity index (χ1) is 9.47. The summed E-state index contributed by atoms with van der Waals surface area (Å²) < 4.78 is 0. The van der Waals surface area contributed by atoms with Crippen molar-refractivity contribution in [1.29, 1.82) is 0 Å². The zero-order valence-electron chi connectivity index (χ0n) is 12.8. The number of piperidine rings is 1. The second-order valence-electron chi connectivity index (χ2n) is 5.92. The van der Waals surface area contributed by atoms with Gasteiger partial charge in [0.05, 0.1) is 23.2 Å². The topological polar surface area (TPSA) is 39.6 Å². The maximum absolute atomic E-state index is 9.87. The number of anilines is 1. The lowest BCUT2D eigenvalue weighted by Gasteiger charge is -2.33. The highest BCUT2D eigenvalue weighted by atomic mass is 16.3. The van der Waals surface area contributed by atoms with Crippen molar-refractivity contribution in [2.24, 2.45) is 0 Å². The second-order valence-corrected chi connectivity index (χ2v) is 5.92. The number of aliphatic hydroxyl groups is 1. The first-order valence-electron chi connectivity index (χ1n) is 7.21. The maximum Gasteiger partial charge on any atom is 0.0783 e. The Morgan fingerprint density at radius 2 is 2.25 bits per heavy atom. The van der Waals surface area contributed by atoms with Gasteiger partial charge >= 0.3 is 0 Å². The number of β-amino-alcohol motifs (C(OH)–C–C–N with tert-alkyl or cyclic N) is 1. The molecule has 0 amide bonds. The Balaban J connectivity index is 2.32. The van der Waals surface area contributed by atoms with E-state index in [0.717, 1.165) is 48.6 Å². The molecule has 1 aromatic rings. The van der Waals surface area contributed by atoms with Crippen LogP contribution in [0, 0.1) is 0 Å². The third-order valence-corrected chi connectivity index (χ3v) is 3.59. The van der Waals surface area contributed by atoms with Gasteiger partial charge in [-0.05, 0) is 51.6 Å². The van der Waals surface area contributed by atoms with Gasteiger partial charge in [-0.1, -0.05) is 6.58 Å². The Kier molecular flexibility index (Phi) is 4.78. The van der Waals surface area contributed by atoms with Gasteiger partial charge in [0.15, 0.2) is 0 Å². The summed E-state index contributed by atoms with van der Waals surface area (Å²) >= 11 is 0. The monoisotopic (exact) mass is 275 g/mol. The van der Waals surface area contributed by atoms with Crippen molar-refractivity contribution >= 4 is 11.3 Å². The predicted molar refractivity (Wildman–Crippen MR) is 83.8 cm³/mol. The number of hydrogen-bond acceptors (Lipinski definition) is 4. The van der Waals surface area contributed by atoms with Crippen LogP contribution < -0.4 is 4.90 Å². The van der Waals surface area contributed by atoms with Crippen LogP contribution in [0.2, 0.25) is 0 Å². The molecule has 2 rings (SSSR count). The van der Waals surface area contributed by atoms with E-state index in [0.29, 0.717) is 6.54 Å². The van der Waals surface area contributed by atoms with E-state index in [9.17, 15) is 5.11 Å². The van der Waals surface area contributed by atoms with E-state index in [1.807, 2.05) is 27.1 Å². The van der Waals surface area contributed by atoms with Crippen molar-refractivity contribution in [2.75, 3.05) is 32.1 Å². The predicted octanol–water partition coefficient (Wildman–Crippen LogP) is 2.14. The number of allylic oxidation sites excluding steroid dienone is 1. The maximum atomic E-state index is 9.87. The summed E-state index contributed by atoms with van der Waals surface area (Å²) in [6.07, 6.45) is 1.71. The molecule has 1 fully saturated rings. The molecule has 0 aliphatic carbocycles. The van der Waals surface area contributed by atoms with Gasteiger partial charge in [-0.25, -0.2) is 4.98 Å². The molecule has 4 heteroatoms. The Labute approximate surface area is 121 Å². The molecule has 0 bridgehead atoms. The molecule has 1 aliphatic heterocycles. The summed E-state index contributed by atoms with van der Waals surface area (Å²) in [7, 11) is 4.09. The Morgan fingerprint density at radius 3 is 2.85 bits per heavy atom. The zero-order chi connectivity index (χ0) is 14.7. The quantitative estimate of drug-likeness (QED) is 0.914. The number of nitrogens with zero attached hydrogens (tertiary/aromatic N) is 3. The Hall–Kier alpha value is -1.39. The standard InChI is InChI=1S/C16H25N3O/c1-12(2)14-7-8-16(15(17-14)11-18(3)4)19-9-5-6-13(20)10-19/h7-8,13,20H,1,5-6,9-11H2,2-4H3/t13-/m0/s1. The molecular weight excluding hydrogens is 250 g/mol. The minimum atomic E-state index is -0.225. The normalized spacial score (nSPS) is 19.4. The lowest BCUT2D eigenvalue weighted by atomic mass is 10.1.